The number of nitrogens with one attached hydrogen (secondary N) is 1. The molecule has 1 N–H and O–H groups in total. The number of nitrogens with zero attached hydrogens (tertiary/aromatic N) is 1. The van der Waals surface area contributed by atoms with Crippen molar-refractivity contribution in [3.8, 4) is 5.75 Å². The number of aromatic nitrogens is 1. The topological polar surface area (TPSA) is 51.2 Å². The van der Waals surface area contributed by atoms with Gasteiger partial charge in [-0.25, -0.2) is 0 Å². The Kier molecular flexibility index (Phi) is 6.74. The van der Waals surface area contributed by atoms with Crippen LogP contribution in [-0.2, 0) is 10.5 Å². The van der Waals surface area contributed by atoms with Crippen molar-refractivity contribution in [3.63, 3.8) is 0 Å². The summed E-state index contributed by atoms with van der Waals surface area (Å²) in [5.41, 5.74) is 2.82. The number of aryl methyl sites for hydroxylation is 1. The van der Waals surface area contributed by atoms with E-state index >= 15 is 0 Å². The molecule has 0 spiro atoms. The second-order valence-electron chi connectivity index (χ2n) is 5.92. The van der Waals surface area contributed by atoms with E-state index in [1.807, 2.05) is 49.5 Å². The van der Waals surface area contributed by atoms with Crippen LogP contribution in [0, 0.1) is 6.92 Å². The molecule has 0 aliphatic rings. The molecule has 4 nitrogen and oxygen atoms in total. The molecule has 3 rings (SSSR count). The number of rotatable bonds is 7. The first-order valence-corrected chi connectivity index (χ1v) is 9.77. The van der Waals surface area contributed by atoms with Crippen molar-refractivity contribution in [2.24, 2.45) is 0 Å². The summed E-state index contributed by atoms with van der Waals surface area (Å²) in [7, 11) is 0. The highest BCUT2D eigenvalue weighted by Gasteiger charge is 2.05. The summed E-state index contributed by atoms with van der Waals surface area (Å²) in [5, 5.41) is 3.50. The van der Waals surface area contributed by atoms with Crippen molar-refractivity contribution in [1.82, 2.24) is 4.98 Å². The number of halogens is 1. The minimum Gasteiger partial charge on any atom is -0.484 e. The molecule has 0 radical (unpaired) electrons. The summed E-state index contributed by atoms with van der Waals surface area (Å²) in [6.45, 7) is 1.84. The fraction of sp³-hybridized carbons (Fsp3) is 0.143. The van der Waals surface area contributed by atoms with E-state index < -0.39 is 0 Å². The molecule has 0 atom stereocenters. The first kappa shape index (κ1) is 19.3. The van der Waals surface area contributed by atoms with Crippen LogP contribution < -0.4 is 10.1 Å². The average Bonchev–Trinajstić information content (AvgIpc) is 2.69. The summed E-state index contributed by atoms with van der Waals surface area (Å²) < 4.78 is 5.51. The lowest BCUT2D eigenvalue weighted by Gasteiger charge is -2.09. The predicted octanol–water partition coefficient (Wildman–Crippen LogP) is 5.35. The molecule has 27 heavy (non-hydrogen) atoms. The highest BCUT2D eigenvalue weighted by atomic mass is 35.5. The molecule has 0 unspecified atom stereocenters. The highest BCUT2D eigenvalue weighted by Crippen LogP contribution is 2.24. The van der Waals surface area contributed by atoms with E-state index in [-0.39, 0.29) is 12.5 Å². The number of thioether (sulfide) groups is 1. The van der Waals surface area contributed by atoms with Gasteiger partial charge in [0.1, 0.15) is 5.75 Å². The minimum absolute atomic E-state index is 0.0570. The standard InChI is InChI=1S/C21H19ClN2O2S/c1-15-11-18(6-9-20(15)22)26-13-21(25)24-17-4-7-19(8-5-17)27-14-16-3-2-10-23-12-16/h2-12H,13-14H2,1H3,(H,24,25). The molecule has 1 heterocycles. The monoisotopic (exact) mass is 398 g/mol. The van der Waals surface area contributed by atoms with Crippen LogP contribution >= 0.6 is 23.4 Å². The number of amides is 1. The van der Waals surface area contributed by atoms with Gasteiger partial charge in [0.2, 0.25) is 0 Å². The Morgan fingerprint density at radius 3 is 2.70 bits per heavy atom. The summed E-state index contributed by atoms with van der Waals surface area (Å²) >= 11 is 7.70. The Morgan fingerprint density at radius 1 is 1.19 bits per heavy atom. The highest BCUT2D eigenvalue weighted by molar-refractivity contribution is 7.98. The summed E-state index contributed by atoms with van der Waals surface area (Å²) in [4.78, 5) is 17.3. The van der Waals surface area contributed by atoms with Gasteiger partial charge in [-0.05, 0) is 66.6 Å². The summed E-state index contributed by atoms with van der Waals surface area (Å²) in [5.74, 6) is 1.26. The van der Waals surface area contributed by atoms with Crippen LogP contribution in [0.1, 0.15) is 11.1 Å². The fourth-order valence-corrected chi connectivity index (χ4v) is 3.29. The van der Waals surface area contributed by atoms with Gasteiger partial charge in [-0.1, -0.05) is 17.7 Å². The fourth-order valence-electron chi connectivity index (χ4n) is 2.34. The zero-order valence-electron chi connectivity index (χ0n) is 14.8. The van der Waals surface area contributed by atoms with Crippen LogP contribution in [-0.4, -0.2) is 17.5 Å². The van der Waals surface area contributed by atoms with Gasteiger partial charge >= 0.3 is 0 Å². The number of benzene rings is 2. The minimum atomic E-state index is -0.210. The number of anilines is 1. The molecule has 6 heteroatoms. The van der Waals surface area contributed by atoms with E-state index in [1.165, 1.54) is 5.56 Å². The van der Waals surface area contributed by atoms with Gasteiger partial charge < -0.3 is 10.1 Å². The van der Waals surface area contributed by atoms with Gasteiger partial charge in [0.15, 0.2) is 6.61 Å². The van der Waals surface area contributed by atoms with Gasteiger partial charge in [0.25, 0.3) is 5.91 Å². The van der Waals surface area contributed by atoms with E-state index in [1.54, 1.807) is 30.1 Å². The van der Waals surface area contributed by atoms with Crippen molar-refractivity contribution in [1.29, 1.82) is 0 Å². The second-order valence-corrected chi connectivity index (χ2v) is 7.38. The maximum atomic E-state index is 12.1. The molecule has 0 fully saturated rings. The second kappa shape index (κ2) is 9.44. The molecule has 2 aromatic carbocycles. The maximum Gasteiger partial charge on any atom is 0.262 e. The van der Waals surface area contributed by atoms with Crippen LogP contribution in [0.4, 0.5) is 5.69 Å². The molecule has 0 aliphatic heterocycles. The van der Waals surface area contributed by atoms with Crippen LogP contribution in [0.25, 0.3) is 0 Å². The van der Waals surface area contributed by atoms with Crippen molar-refractivity contribution < 1.29 is 9.53 Å². The van der Waals surface area contributed by atoms with Gasteiger partial charge in [0.05, 0.1) is 0 Å². The Hall–Kier alpha value is -2.50. The average molecular weight is 399 g/mol. The van der Waals surface area contributed by atoms with Crippen molar-refractivity contribution in [2.45, 2.75) is 17.6 Å². The summed E-state index contributed by atoms with van der Waals surface area (Å²) in [6.07, 6.45) is 3.63. The lowest BCUT2D eigenvalue weighted by Crippen LogP contribution is -2.20. The quantitative estimate of drug-likeness (QED) is 0.545. The van der Waals surface area contributed by atoms with E-state index in [9.17, 15) is 4.79 Å². The Bertz CT molecular complexity index is 902. The van der Waals surface area contributed by atoms with Crippen LogP contribution in [0.15, 0.2) is 71.9 Å². The number of carbonyl (C=O) groups is 1. The van der Waals surface area contributed by atoms with E-state index in [0.717, 1.165) is 21.9 Å². The van der Waals surface area contributed by atoms with Crippen molar-refractivity contribution in [3.05, 3.63) is 83.1 Å². The Balaban J connectivity index is 1.47. The Labute approximate surface area is 167 Å². The SMILES string of the molecule is Cc1cc(OCC(=O)Nc2ccc(SCc3cccnc3)cc2)ccc1Cl. The Morgan fingerprint density at radius 2 is 2.00 bits per heavy atom. The maximum absolute atomic E-state index is 12.1. The lowest BCUT2D eigenvalue weighted by molar-refractivity contribution is -0.118. The van der Waals surface area contributed by atoms with Gasteiger partial charge in [0, 0.05) is 33.8 Å². The molecule has 1 amide bonds. The van der Waals surface area contributed by atoms with Crippen molar-refractivity contribution in [2.75, 3.05) is 11.9 Å². The van der Waals surface area contributed by atoms with Gasteiger partial charge in [-0.15, -0.1) is 11.8 Å². The van der Waals surface area contributed by atoms with Crippen LogP contribution in [0.5, 0.6) is 5.75 Å². The molecule has 0 saturated carbocycles. The number of carbonyl (C=O) groups excluding carboxylic acids is 1. The molecule has 0 aliphatic carbocycles. The first-order valence-electron chi connectivity index (χ1n) is 8.41. The normalized spacial score (nSPS) is 10.4. The molecule has 1 aromatic heterocycles. The van der Waals surface area contributed by atoms with E-state index in [0.29, 0.717) is 10.8 Å². The number of hydrogen-bond donors (Lipinski definition) is 1. The third kappa shape index (κ3) is 6.01. The first-order chi connectivity index (χ1) is 13.1. The number of pyridine rings is 1. The van der Waals surface area contributed by atoms with E-state index in [2.05, 4.69) is 16.4 Å². The molecule has 3 aromatic rings. The third-order valence-electron chi connectivity index (χ3n) is 3.77. The lowest BCUT2D eigenvalue weighted by atomic mass is 10.2. The molecular formula is C21H19ClN2O2S. The van der Waals surface area contributed by atoms with Gasteiger partial charge in [-0.3, -0.25) is 9.78 Å². The smallest absolute Gasteiger partial charge is 0.262 e. The molecule has 138 valence electrons. The zero-order valence-corrected chi connectivity index (χ0v) is 16.4. The number of hydrogen-bond acceptors (Lipinski definition) is 4. The molecule has 0 bridgehead atoms. The van der Waals surface area contributed by atoms with Gasteiger partial charge in [-0.2, -0.15) is 0 Å². The van der Waals surface area contributed by atoms with Crippen LogP contribution in [0.3, 0.4) is 0 Å². The largest absolute Gasteiger partial charge is 0.484 e. The zero-order chi connectivity index (χ0) is 19.1. The summed E-state index contributed by atoms with van der Waals surface area (Å²) in [6, 6.07) is 17.0. The third-order valence-corrected chi connectivity index (χ3v) is 5.27. The predicted molar refractivity (Wildman–Crippen MR) is 111 cm³/mol. The number of ether oxygens (including phenoxy) is 1. The van der Waals surface area contributed by atoms with Crippen LogP contribution in [0.2, 0.25) is 5.02 Å². The molecular weight excluding hydrogens is 380 g/mol. The molecule has 0 saturated heterocycles. The van der Waals surface area contributed by atoms with E-state index in [4.69, 9.17) is 16.3 Å². The van der Waals surface area contributed by atoms with Crippen molar-refractivity contribution >= 4 is 35.0 Å².